The first-order chi connectivity index (χ1) is 23.7. The zero-order valence-corrected chi connectivity index (χ0v) is 35.0. The molecule has 1 unspecified atom stereocenters. The molecule has 0 aromatic carbocycles. The van der Waals surface area contributed by atoms with Gasteiger partial charge in [-0.05, 0) is 39.5 Å². The lowest BCUT2D eigenvalue weighted by Gasteiger charge is -2.50. The van der Waals surface area contributed by atoms with E-state index in [0.29, 0.717) is 18.9 Å². The van der Waals surface area contributed by atoms with Gasteiger partial charge in [-0.2, -0.15) is 14.3 Å². The van der Waals surface area contributed by atoms with Crippen LogP contribution in [-0.4, -0.2) is 34.7 Å². The van der Waals surface area contributed by atoms with Crippen LogP contribution in [0.4, 0.5) is 0 Å². The van der Waals surface area contributed by atoms with Crippen LogP contribution < -0.4 is 0 Å². The Labute approximate surface area is 306 Å². The normalized spacial score (nSPS) is 24.9. The van der Waals surface area contributed by atoms with Gasteiger partial charge >= 0.3 is 21.9 Å². The Bertz CT molecular complexity index is 777. The van der Waals surface area contributed by atoms with E-state index < -0.39 is 27.3 Å². The zero-order valence-electron chi connectivity index (χ0n) is 33.2. The maximum Gasteiger partial charge on any atom is 0.421 e. The minimum atomic E-state index is -3.08. The van der Waals surface area contributed by atoms with Gasteiger partial charge in [0.05, 0.1) is 5.41 Å². The molecule has 0 aromatic heterocycles. The largest absolute Gasteiger partial charge is 0.421 e. The number of rotatable bonds is 34. The molecule has 2 saturated heterocycles. The fourth-order valence-electron chi connectivity index (χ4n) is 7.27. The van der Waals surface area contributed by atoms with E-state index in [1.165, 1.54) is 180 Å². The minimum Gasteiger partial charge on any atom is -0.192 e. The van der Waals surface area contributed by atoms with Crippen LogP contribution in [0.2, 0.25) is 0 Å². The van der Waals surface area contributed by atoms with Gasteiger partial charge < -0.3 is 0 Å². The van der Waals surface area contributed by atoms with Gasteiger partial charge in [-0.3, -0.25) is 0 Å². The SMILES string of the molecule is CCCCCCCCCCCCCCCCCC[P+]1(O)OCC(C)(C)C2(O1)O[P+](O)(CCCCCCCCCCCCCCCCCC)O2. The molecule has 6 nitrogen and oxygen atoms in total. The van der Waals surface area contributed by atoms with E-state index in [1.807, 2.05) is 13.8 Å². The first-order valence-electron chi connectivity index (χ1n) is 21.7. The van der Waals surface area contributed by atoms with Gasteiger partial charge in [0.15, 0.2) is 0 Å². The van der Waals surface area contributed by atoms with Crippen molar-refractivity contribution in [2.45, 2.75) is 239 Å². The summed E-state index contributed by atoms with van der Waals surface area (Å²) in [7, 11) is -6.02. The molecule has 292 valence electrons. The third-order valence-electron chi connectivity index (χ3n) is 10.8. The first-order valence-corrected chi connectivity index (χ1v) is 25.2. The van der Waals surface area contributed by atoms with Gasteiger partial charge in [0.25, 0.3) is 0 Å². The molecular formula is C41H84O6P2+2. The first kappa shape index (κ1) is 45.8. The van der Waals surface area contributed by atoms with Crippen molar-refractivity contribution in [3.63, 3.8) is 0 Å². The maximum absolute atomic E-state index is 11.3. The standard InChI is InChI=1S/C41H84O6P2/c1-5-7-9-11-13-15-17-19-21-23-25-27-29-31-33-35-37-48(42)44-39-40(3,4)41(45-48)46-49(43,47-41)38-36-34-32-30-28-26-24-22-20-18-16-14-12-10-8-6-2/h42-43H,5-39H2,1-4H3/q+2. The van der Waals surface area contributed by atoms with E-state index >= 15 is 0 Å². The molecule has 0 aromatic rings. The van der Waals surface area contributed by atoms with Crippen molar-refractivity contribution in [3.05, 3.63) is 0 Å². The predicted octanol–water partition coefficient (Wildman–Crippen LogP) is 14.8. The summed E-state index contributed by atoms with van der Waals surface area (Å²) < 4.78 is 24.3. The predicted molar refractivity (Wildman–Crippen MR) is 213 cm³/mol. The summed E-state index contributed by atoms with van der Waals surface area (Å²) >= 11 is 0. The maximum atomic E-state index is 11.3. The highest BCUT2D eigenvalue weighted by molar-refractivity contribution is 7.62. The van der Waals surface area contributed by atoms with Gasteiger partial charge in [-0.15, -0.1) is 13.6 Å². The third-order valence-corrected chi connectivity index (χ3v) is 14.7. The highest BCUT2D eigenvalue weighted by Gasteiger charge is 2.81. The van der Waals surface area contributed by atoms with E-state index in [9.17, 15) is 9.79 Å². The molecule has 8 heteroatoms. The monoisotopic (exact) mass is 735 g/mol. The van der Waals surface area contributed by atoms with Crippen molar-refractivity contribution in [3.8, 4) is 0 Å². The molecule has 49 heavy (non-hydrogen) atoms. The Hall–Kier alpha value is 0.620. The Morgan fingerprint density at radius 2 is 0.633 bits per heavy atom. The second kappa shape index (κ2) is 27.2. The molecule has 0 radical (unpaired) electrons. The van der Waals surface area contributed by atoms with Crippen molar-refractivity contribution in [1.29, 1.82) is 0 Å². The Balaban J connectivity index is 1.46. The smallest absolute Gasteiger partial charge is 0.192 e. The minimum absolute atomic E-state index is 0.301. The van der Waals surface area contributed by atoms with E-state index in [1.54, 1.807) is 0 Å². The molecule has 0 amide bonds. The van der Waals surface area contributed by atoms with Crippen molar-refractivity contribution < 1.29 is 27.9 Å². The molecule has 0 saturated carbocycles. The molecule has 2 rings (SSSR count). The summed E-state index contributed by atoms with van der Waals surface area (Å²) in [4.78, 5) is 22.3. The molecule has 2 heterocycles. The van der Waals surface area contributed by atoms with Crippen LogP contribution in [-0.2, 0) is 18.1 Å². The summed E-state index contributed by atoms with van der Waals surface area (Å²) in [5, 5.41) is 0. The van der Waals surface area contributed by atoms with E-state index in [0.717, 1.165) is 25.7 Å². The molecule has 2 N–H and O–H groups in total. The average molecular weight is 735 g/mol. The highest BCUT2D eigenvalue weighted by Crippen LogP contribution is 2.80. The van der Waals surface area contributed by atoms with Crippen LogP contribution in [0.15, 0.2) is 0 Å². The number of unbranched alkanes of at least 4 members (excludes halogenated alkanes) is 30. The van der Waals surface area contributed by atoms with E-state index in [-0.39, 0.29) is 0 Å². The summed E-state index contributed by atoms with van der Waals surface area (Å²) in [6, 6.07) is 0. The quantitative estimate of drug-likeness (QED) is 0.0506. The fourth-order valence-corrected chi connectivity index (χ4v) is 11.6. The number of hydrogen-bond acceptors (Lipinski definition) is 6. The molecule has 0 bridgehead atoms. The lowest BCUT2D eigenvalue weighted by atomic mass is 9.91. The van der Waals surface area contributed by atoms with Crippen molar-refractivity contribution in [1.82, 2.24) is 0 Å². The summed E-state index contributed by atoms with van der Waals surface area (Å²) in [6.07, 6.45) is 43.2. The Kier molecular flexibility index (Phi) is 25.4. The molecule has 2 fully saturated rings. The van der Waals surface area contributed by atoms with Crippen LogP contribution in [0.5, 0.6) is 0 Å². The van der Waals surface area contributed by atoms with Crippen LogP contribution in [0.25, 0.3) is 0 Å². The Morgan fingerprint density at radius 3 is 0.939 bits per heavy atom. The molecule has 1 spiro atoms. The summed E-state index contributed by atoms with van der Waals surface area (Å²) in [5.74, 6) is -1.39. The fraction of sp³-hybridized carbons (Fsp3) is 1.00. The van der Waals surface area contributed by atoms with Gasteiger partial charge in [0, 0.05) is 0 Å². The zero-order chi connectivity index (χ0) is 35.6. The second-order valence-electron chi connectivity index (χ2n) is 16.3. The van der Waals surface area contributed by atoms with Crippen molar-refractivity contribution in [2.75, 3.05) is 18.9 Å². The van der Waals surface area contributed by atoms with Gasteiger partial charge in [-0.25, -0.2) is 0 Å². The Morgan fingerprint density at radius 1 is 0.388 bits per heavy atom. The molecule has 1 atom stereocenters. The molecular weight excluding hydrogens is 650 g/mol. The van der Waals surface area contributed by atoms with Gasteiger partial charge in [-0.1, -0.05) is 194 Å². The third kappa shape index (κ3) is 20.0. The summed E-state index contributed by atoms with van der Waals surface area (Å²) in [6.45, 7) is 8.79. The van der Waals surface area contributed by atoms with Crippen molar-refractivity contribution in [2.24, 2.45) is 5.41 Å². The van der Waals surface area contributed by atoms with Crippen molar-refractivity contribution >= 4 is 15.9 Å². The van der Waals surface area contributed by atoms with Crippen LogP contribution in [0, 0.1) is 5.41 Å². The van der Waals surface area contributed by atoms with Gasteiger partial charge in [0.1, 0.15) is 18.9 Å². The van der Waals surface area contributed by atoms with Crippen LogP contribution >= 0.6 is 15.9 Å². The van der Waals surface area contributed by atoms with Gasteiger partial charge in [0.2, 0.25) is 0 Å². The molecule has 2 aliphatic rings. The number of hydrogen-bond donors (Lipinski definition) is 2. The van der Waals surface area contributed by atoms with E-state index in [2.05, 4.69) is 13.8 Å². The highest BCUT2D eigenvalue weighted by atomic mass is 31.2. The summed E-state index contributed by atoms with van der Waals surface area (Å²) in [5.41, 5.74) is -0.602. The van der Waals surface area contributed by atoms with E-state index in [4.69, 9.17) is 18.1 Å². The lowest BCUT2D eigenvalue weighted by molar-refractivity contribution is -0.396. The van der Waals surface area contributed by atoms with Crippen LogP contribution in [0.1, 0.15) is 233 Å². The topological polar surface area (TPSA) is 77.4 Å². The lowest BCUT2D eigenvalue weighted by Crippen LogP contribution is -2.62. The second-order valence-corrected chi connectivity index (χ2v) is 20.6. The molecule has 2 aliphatic heterocycles. The average Bonchev–Trinajstić information content (AvgIpc) is 3.06. The van der Waals surface area contributed by atoms with Crippen LogP contribution in [0.3, 0.4) is 0 Å². The molecule has 0 aliphatic carbocycles.